The molecule has 6 nitrogen and oxygen atoms in total. The van der Waals surface area contributed by atoms with Gasteiger partial charge in [0.1, 0.15) is 11.4 Å². The Kier molecular flexibility index (Phi) is 4.87. The Morgan fingerprint density at radius 1 is 1.16 bits per heavy atom. The van der Waals surface area contributed by atoms with E-state index in [1.54, 1.807) is 19.1 Å². The molecule has 2 aromatic heterocycles. The molecule has 0 saturated carbocycles. The Bertz CT molecular complexity index is 851. The van der Waals surface area contributed by atoms with E-state index >= 15 is 0 Å². The van der Waals surface area contributed by atoms with Crippen LogP contribution < -0.4 is 10.6 Å². The van der Waals surface area contributed by atoms with Gasteiger partial charge in [-0.3, -0.25) is 9.59 Å². The van der Waals surface area contributed by atoms with Gasteiger partial charge >= 0.3 is 11.8 Å². The minimum atomic E-state index is -1.26. The van der Waals surface area contributed by atoms with Gasteiger partial charge < -0.3 is 20.2 Å². The number of aliphatic hydroxyl groups is 1. The van der Waals surface area contributed by atoms with Crippen molar-refractivity contribution in [2.24, 2.45) is 0 Å². The van der Waals surface area contributed by atoms with E-state index < -0.39 is 17.4 Å². The first-order chi connectivity index (χ1) is 12.0. The average Bonchev–Trinajstić information content (AvgIpc) is 3.26. The predicted octanol–water partition coefficient (Wildman–Crippen LogP) is 2.13. The van der Waals surface area contributed by atoms with Crippen LogP contribution >= 0.6 is 11.3 Å². The number of benzene rings is 1. The molecule has 0 aliphatic rings. The van der Waals surface area contributed by atoms with Crippen molar-refractivity contribution in [3.05, 3.63) is 59.4 Å². The van der Waals surface area contributed by atoms with E-state index in [4.69, 9.17) is 4.42 Å². The van der Waals surface area contributed by atoms with E-state index in [9.17, 15) is 14.7 Å². The molecule has 0 fully saturated rings. The van der Waals surface area contributed by atoms with Gasteiger partial charge in [-0.15, -0.1) is 11.3 Å². The van der Waals surface area contributed by atoms with Gasteiger partial charge in [-0.05, 0) is 36.6 Å². The molecule has 0 radical (unpaired) electrons. The fraction of sp³-hybridized carbons (Fsp3) is 0.222. The molecule has 0 saturated heterocycles. The number of carbonyl (C=O) groups is 2. The summed E-state index contributed by atoms with van der Waals surface area (Å²) in [7, 11) is 0. The van der Waals surface area contributed by atoms with E-state index in [0.717, 1.165) is 15.0 Å². The summed E-state index contributed by atoms with van der Waals surface area (Å²) in [6, 6.07) is 13.1. The zero-order chi connectivity index (χ0) is 17.9. The highest BCUT2D eigenvalue weighted by molar-refractivity contribution is 7.19. The standard InChI is InChI=1S/C18H18N2O4S/c1-18(23,15-9-12-5-2-3-7-14(12)25-15)11-20-17(22)16(21)19-10-13-6-4-8-24-13/h2-9,23H,10-11H2,1H3,(H,19,21)(H,20,22)/t18-/m1/s1. The van der Waals surface area contributed by atoms with Crippen molar-refractivity contribution in [3.63, 3.8) is 0 Å². The van der Waals surface area contributed by atoms with Crippen molar-refractivity contribution in [2.45, 2.75) is 19.1 Å². The molecule has 1 aromatic carbocycles. The molecule has 3 rings (SSSR count). The van der Waals surface area contributed by atoms with E-state index in [1.807, 2.05) is 30.3 Å². The number of hydrogen-bond donors (Lipinski definition) is 3. The Balaban J connectivity index is 1.57. The molecule has 7 heteroatoms. The Labute approximate surface area is 148 Å². The first kappa shape index (κ1) is 17.2. The van der Waals surface area contributed by atoms with Crippen LogP contribution in [0.5, 0.6) is 0 Å². The highest BCUT2D eigenvalue weighted by Crippen LogP contribution is 2.32. The van der Waals surface area contributed by atoms with Crippen LogP contribution in [0.25, 0.3) is 10.1 Å². The van der Waals surface area contributed by atoms with Gasteiger partial charge in [0.25, 0.3) is 0 Å². The second-order valence-corrected chi connectivity index (χ2v) is 6.95. The predicted molar refractivity (Wildman–Crippen MR) is 95.0 cm³/mol. The molecule has 3 N–H and O–H groups in total. The third-order valence-corrected chi connectivity index (χ3v) is 5.13. The van der Waals surface area contributed by atoms with Crippen LogP contribution in [0.15, 0.2) is 53.1 Å². The van der Waals surface area contributed by atoms with Crippen molar-refractivity contribution in [1.29, 1.82) is 0 Å². The third kappa shape index (κ3) is 4.07. The topological polar surface area (TPSA) is 91.6 Å². The summed E-state index contributed by atoms with van der Waals surface area (Å²) < 4.78 is 6.14. The van der Waals surface area contributed by atoms with Gasteiger partial charge in [-0.25, -0.2) is 0 Å². The maximum atomic E-state index is 11.9. The number of rotatable bonds is 5. The van der Waals surface area contributed by atoms with Crippen LogP contribution in [0, 0.1) is 0 Å². The number of nitrogens with one attached hydrogen (secondary N) is 2. The SMILES string of the molecule is C[C@@](O)(CNC(=O)C(=O)NCc1ccco1)c1cc2ccccc2s1. The second kappa shape index (κ2) is 7.08. The van der Waals surface area contributed by atoms with Crippen molar-refractivity contribution >= 4 is 33.2 Å². The maximum Gasteiger partial charge on any atom is 0.309 e. The number of carbonyl (C=O) groups excluding carboxylic acids is 2. The highest BCUT2D eigenvalue weighted by Gasteiger charge is 2.27. The summed E-state index contributed by atoms with van der Waals surface area (Å²) in [6.45, 7) is 1.68. The largest absolute Gasteiger partial charge is 0.467 e. The minimum Gasteiger partial charge on any atom is -0.467 e. The van der Waals surface area contributed by atoms with Crippen LogP contribution in [-0.4, -0.2) is 23.5 Å². The number of amides is 2. The van der Waals surface area contributed by atoms with Crippen LogP contribution in [0.1, 0.15) is 17.6 Å². The summed E-state index contributed by atoms with van der Waals surface area (Å²) in [5.74, 6) is -1.02. The molecule has 0 aliphatic carbocycles. The molecular weight excluding hydrogens is 340 g/mol. The van der Waals surface area contributed by atoms with Crippen molar-refractivity contribution < 1.29 is 19.1 Å². The Hall–Kier alpha value is -2.64. The fourth-order valence-corrected chi connectivity index (χ4v) is 3.43. The Morgan fingerprint density at radius 3 is 2.64 bits per heavy atom. The van der Waals surface area contributed by atoms with Crippen molar-refractivity contribution in [2.75, 3.05) is 6.54 Å². The number of thiophene rings is 1. The monoisotopic (exact) mass is 358 g/mol. The molecule has 0 aliphatic heterocycles. The lowest BCUT2D eigenvalue weighted by Gasteiger charge is -2.22. The zero-order valence-corrected chi connectivity index (χ0v) is 14.4. The van der Waals surface area contributed by atoms with E-state index in [0.29, 0.717) is 5.76 Å². The molecule has 2 heterocycles. The summed E-state index contributed by atoms with van der Waals surface area (Å²) in [6.07, 6.45) is 1.49. The molecule has 0 spiro atoms. The minimum absolute atomic E-state index is 0.0627. The van der Waals surface area contributed by atoms with Crippen LogP contribution in [0.3, 0.4) is 0 Å². The van der Waals surface area contributed by atoms with Crippen LogP contribution in [-0.2, 0) is 21.7 Å². The van der Waals surface area contributed by atoms with E-state index in [-0.39, 0.29) is 13.1 Å². The molecule has 0 unspecified atom stereocenters. The van der Waals surface area contributed by atoms with Crippen molar-refractivity contribution in [1.82, 2.24) is 10.6 Å². The lowest BCUT2D eigenvalue weighted by atomic mass is 10.0. The van der Waals surface area contributed by atoms with Gasteiger partial charge in [0.15, 0.2) is 0 Å². The summed E-state index contributed by atoms with van der Waals surface area (Å²) in [4.78, 5) is 24.4. The van der Waals surface area contributed by atoms with Crippen LogP contribution in [0.2, 0.25) is 0 Å². The number of hydrogen-bond acceptors (Lipinski definition) is 5. The van der Waals surface area contributed by atoms with Gasteiger partial charge in [-0.2, -0.15) is 0 Å². The van der Waals surface area contributed by atoms with Crippen molar-refractivity contribution in [3.8, 4) is 0 Å². The summed E-state index contributed by atoms with van der Waals surface area (Å²) in [5, 5.41) is 16.6. The summed E-state index contributed by atoms with van der Waals surface area (Å²) in [5.41, 5.74) is -1.26. The summed E-state index contributed by atoms with van der Waals surface area (Å²) >= 11 is 1.46. The third-order valence-electron chi connectivity index (χ3n) is 3.76. The van der Waals surface area contributed by atoms with Gasteiger partial charge in [0, 0.05) is 9.58 Å². The van der Waals surface area contributed by atoms with E-state index in [2.05, 4.69) is 10.6 Å². The molecule has 1 atom stereocenters. The maximum absolute atomic E-state index is 11.9. The molecule has 0 bridgehead atoms. The van der Waals surface area contributed by atoms with Crippen LogP contribution in [0.4, 0.5) is 0 Å². The second-order valence-electron chi connectivity index (χ2n) is 5.87. The molecule has 130 valence electrons. The molecule has 2 amide bonds. The normalized spacial score (nSPS) is 13.4. The fourth-order valence-electron chi connectivity index (χ4n) is 2.33. The average molecular weight is 358 g/mol. The number of fused-ring (bicyclic) bond motifs is 1. The lowest BCUT2D eigenvalue weighted by Crippen LogP contribution is -2.45. The van der Waals surface area contributed by atoms with Gasteiger partial charge in [0.2, 0.25) is 0 Å². The first-order valence-corrected chi connectivity index (χ1v) is 8.57. The quantitative estimate of drug-likeness (QED) is 0.609. The molecule has 25 heavy (non-hydrogen) atoms. The Morgan fingerprint density at radius 2 is 1.92 bits per heavy atom. The zero-order valence-electron chi connectivity index (χ0n) is 13.6. The van der Waals surface area contributed by atoms with Gasteiger partial charge in [0.05, 0.1) is 19.4 Å². The first-order valence-electron chi connectivity index (χ1n) is 7.75. The highest BCUT2D eigenvalue weighted by atomic mass is 32.1. The smallest absolute Gasteiger partial charge is 0.309 e. The van der Waals surface area contributed by atoms with E-state index in [1.165, 1.54) is 17.6 Å². The lowest BCUT2D eigenvalue weighted by molar-refractivity contribution is -0.139. The number of furan rings is 1. The molecular formula is C18H18N2O4S. The molecule has 3 aromatic rings. The van der Waals surface area contributed by atoms with Gasteiger partial charge in [-0.1, -0.05) is 18.2 Å².